The van der Waals surface area contributed by atoms with E-state index in [9.17, 15) is 9.59 Å². The molecule has 98 valence electrons. The summed E-state index contributed by atoms with van der Waals surface area (Å²) < 4.78 is 5.53. The molecule has 1 amide bonds. The number of nitrogens with one attached hydrogen (secondary N) is 1. The van der Waals surface area contributed by atoms with Gasteiger partial charge in [-0.15, -0.1) is 0 Å². The van der Waals surface area contributed by atoms with Gasteiger partial charge < -0.3 is 10.1 Å². The zero-order chi connectivity index (χ0) is 13.8. The topological polar surface area (TPSA) is 68.3 Å². The van der Waals surface area contributed by atoms with E-state index in [1.807, 2.05) is 6.92 Å². The van der Waals surface area contributed by atoms with Crippen LogP contribution < -0.4 is 10.1 Å². The molecule has 0 aliphatic heterocycles. The number of benzene rings is 1. The zero-order valence-electron chi connectivity index (χ0n) is 10.8. The van der Waals surface area contributed by atoms with Crippen LogP contribution in [0.2, 0.25) is 0 Å². The van der Waals surface area contributed by atoms with Crippen LogP contribution >= 0.6 is 0 Å². The molecule has 0 radical (unpaired) electrons. The van der Waals surface area contributed by atoms with Crippen molar-refractivity contribution < 1.29 is 14.3 Å². The molecule has 2 aromatic rings. The summed E-state index contributed by atoms with van der Waals surface area (Å²) in [6.07, 6.45) is 0.775. The molecule has 2 rings (SSSR count). The van der Waals surface area contributed by atoms with Crippen molar-refractivity contribution in [2.24, 2.45) is 0 Å². The van der Waals surface area contributed by atoms with E-state index in [0.29, 0.717) is 29.3 Å². The second-order valence-corrected chi connectivity index (χ2v) is 4.01. The smallest absolute Gasteiger partial charge is 0.222 e. The van der Waals surface area contributed by atoms with Gasteiger partial charge in [0.1, 0.15) is 17.9 Å². The van der Waals surface area contributed by atoms with Crippen LogP contribution in [0.4, 0.5) is 5.82 Å². The first-order chi connectivity index (χ1) is 9.13. The summed E-state index contributed by atoms with van der Waals surface area (Å²) in [4.78, 5) is 26.2. The number of fused-ring (bicyclic) bond motifs is 1. The normalized spacial score (nSPS) is 10.2. The number of amides is 1. The zero-order valence-corrected chi connectivity index (χ0v) is 10.8. The lowest BCUT2D eigenvalue weighted by Crippen LogP contribution is -2.08. The number of aromatic nitrogens is 1. The number of aldehydes is 1. The molecule has 0 saturated heterocycles. The second kappa shape index (κ2) is 5.48. The fourth-order valence-corrected chi connectivity index (χ4v) is 1.81. The standard InChI is InChI=1S/C14H14N2O3/c1-3-19-13-7-14(15-9(2)18)16-12-5-4-10(8-17)6-11(12)13/h4-8H,3H2,1-2H3,(H,15,16,18). The van der Waals surface area contributed by atoms with E-state index in [1.54, 1.807) is 24.3 Å². The molecule has 0 saturated carbocycles. The molecule has 1 aromatic carbocycles. The fourth-order valence-electron chi connectivity index (χ4n) is 1.81. The molecule has 1 heterocycles. The van der Waals surface area contributed by atoms with Crippen LogP contribution in [0.3, 0.4) is 0 Å². The van der Waals surface area contributed by atoms with Gasteiger partial charge in [-0.05, 0) is 25.1 Å². The minimum absolute atomic E-state index is 0.196. The first kappa shape index (κ1) is 13.0. The number of nitrogens with zero attached hydrogens (tertiary/aromatic N) is 1. The maximum atomic E-state index is 11.1. The van der Waals surface area contributed by atoms with Crippen molar-refractivity contribution in [3.8, 4) is 5.75 Å². The van der Waals surface area contributed by atoms with E-state index in [0.717, 1.165) is 11.7 Å². The Morgan fingerprint density at radius 1 is 1.42 bits per heavy atom. The lowest BCUT2D eigenvalue weighted by molar-refractivity contribution is -0.114. The number of hydrogen-bond donors (Lipinski definition) is 1. The molecular formula is C14H14N2O3. The van der Waals surface area contributed by atoms with E-state index < -0.39 is 0 Å². The molecule has 0 spiro atoms. The minimum atomic E-state index is -0.196. The highest BCUT2D eigenvalue weighted by Crippen LogP contribution is 2.28. The number of anilines is 1. The highest BCUT2D eigenvalue weighted by atomic mass is 16.5. The minimum Gasteiger partial charge on any atom is -0.493 e. The van der Waals surface area contributed by atoms with Crippen molar-refractivity contribution in [1.82, 2.24) is 4.98 Å². The van der Waals surface area contributed by atoms with Crippen LogP contribution in [0, 0.1) is 0 Å². The highest BCUT2D eigenvalue weighted by Gasteiger charge is 2.08. The number of pyridine rings is 1. The van der Waals surface area contributed by atoms with Crippen LogP contribution in [0.15, 0.2) is 24.3 Å². The Morgan fingerprint density at radius 3 is 2.84 bits per heavy atom. The number of hydrogen-bond acceptors (Lipinski definition) is 4. The number of carbonyl (C=O) groups is 2. The number of ether oxygens (including phenoxy) is 1. The van der Waals surface area contributed by atoms with Gasteiger partial charge in [0.25, 0.3) is 0 Å². The predicted molar refractivity (Wildman–Crippen MR) is 72.6 cm³/mol. The molecule has 0 atom stereocenters. The Hall–Kier alpha value is -2.43. The summed E-state index contributed by atoms with van der Waals surface area (Å²) in [5.74, 6) is 0.834. The molecule has 19 heavy (non-hydrogen) atoms. The molecule has 5 heteroatoms. The molecular weight excluding hydrogens is 244 g/mol. The fraction of sp³-hybridized carbons (Fsp3) is 0.214. The maximum absolute atomic E-state index is 11.1. The van der Waals surface area contributed by atoms with Crippen molar-refractivity contribution >= 4 is 28.9 Å². The van der Waals surface area contributed by atoms with Crippen LogP contribution in [0.1, 0.15) is 24.2 Å². The Morgan fingerprint density at radius 2 is 2.21 bits per heavy atom. The molecule has 0 aliphatic rings. The van der Waals surface area contributed by atoms with Gasteiger partial charge in [0.05, 0.1) is 12.1 Å². The predicted octanol–water partition coefficient (Wildman–Crippen LogP) is 2.40. The summed E-state index contributed by atoms with van der Waals surface area (Å²) in [5.41, 5.74) is 1.22. The Balaban J connectivity index is 2.60. The van der Waals surface area contributed by atoms with Crippen LogP contribution in [-0.4, -0.2) is 23.8 Å². The Bertz CT molecular complexity index is 638. The first-order valence-electron chi connectivity index (χ1n) is 5.94. The maximum Gasteiger partial charge on any atom is 0.222 e. The van der Waals surface area contributed by atoms with Gasteiger partial charge >= 0.3 is 0 Å². The molecule has 0 unspecified atom stereocenters. The third kappa shape index (κ3) is 2.88. The van der Waals surface area contributed by atoms with Gasteiger partial charge in [-0.2, -0.15) is 0 Å². The SMILES string of the molecule is CCOc1cc(NC(C)=O)nc2ccc(C=O)cc12. The van der Waals surface area contributed by atoms with E-state index in [-0.39, 0.29) is 5.91 Å². The summed E-state index contributed by atoms with van der Waals surface area (Å²) in [6, 6.07) is 6.78. The third-order valence-corrected chi connectivity index (χ3v) is 2.53. The monoisotopic (exact) mass is 258 g/mol. The van der Waals surface area contributed by atoms with Crippen LogP contribution in [-0.2, 0) is 4.79 Å². The summed E-state index contributed by atoms with van der Waals surface area (Å²) in [7, 11) is 0. The first-order valence-corrected chi connectivity index (χ1v) is 5.94. The average Bonchev–Trinajstić information content (AvgIpc) is 2.38. The van der Waals surface area contributed by atoms with E-state index in [1.165, 1.54) is 6.92 Å². The van der Waals surface area contributed by atoms with Crippen molar-refractivity contribution in [2.75, 3.05) is 11.9 Å². The average molecular weight is 258 g/mol. The van der Waals surface area contributed by atoms with Crippen LogP contribution in [0.25, 0.3) is 10.9 Å². The Labute approximate surface area is 110 Å². The summed E-state index contributed by atoms with van der Waals surface area (Å²) in [5, 5.41) is 3.38. The van der Waals surface area contributed by atoms with Gasteiger partial charge in [0, 0.05) is 23.9 Å². The summed E-state index contributed by atoms with van der Waals surface area (Å²) >= 11 is 0. The van der Waals surface area contributed by atoms with Gasteiger partial charge in [-0.3, -0.25) is 9.59 Å². The highest BCUT2D eigenvalue weighted by molar-refractivity contribution is 5.94. The Kier molecular flexibility index (Phi) is 3.75. The number of rotatable bonds is 4. The largest absolute Gasteiger partial charge is 0.493 e. The molecule has 1 aromatic heterocycles. The van der Waals surface area contributed by atoms with E-state index in [2.05, 4.69) is 10.3 Å². The van der Waals surface area contributed by atoms with E-state index >= 15 is 0 Å². The van der Waals surface area contributed by atoms with Gasteiger partial charge in [0.15, 0.2) is 0 Å². The quantitative estimate of drug-likeness (QED) is 0.855. The molecule has 1 N–H and O–H groups in total. The van der Waals surface area contributed by atoms with Crippen molar-refractivity contribution in [2.45, 2.75) is 13.8 Å². The van der Waals surface area contributed by atoms with Crippen LogP contribution in [0.5, 0.6) is 5.75 Å². The molecule has 0 fully saturated rings. The third-order valence-electron chi connectivity index (χ3n) is 2.53. The van der Waals surface area contributed by atoms with Gasteiger partial charge in [0.2, 0.25) is 5.91 Å². The van der Waals surface area contributed by atoms with Crippen molar-refractivity contribution in [3.63, 3.8) is 0 Å². The van der Waals surface area contributed by atoms with Crippen molar-refractivity contribution in [1.29, 1.82) is 0 Å². The van der Waals surface area contributed by atoms with Crippen molar-refractivity contribution in [3.05, 3.63) is 29.8 Å². The lowest BCUT2D eigenvalue weighted by atomic mass is 10.1. The van der Waals surface area contributed by atoms with E-state index in [4.69, 9.17) is 4.74 Å². The van der Waals surface area contributed by atoms with Gasteiger partial charge in [-0.1, -0.05) is 0 Å². The molecule has 5 nitrogen and oxygen atoms in total. The molecule has 0 bridgehead atoms. The number of carbonyl (C=O) groups excluding carboxylic acids is 2. The molecule has 0 aliphatic carbocycles. The summed E-state index contributed by atoms with van der Waals surface area (Å²) in [6.45, 7) is 3.78. The lowest BCUT2D eigenvalue weighted by Gasteiger charge is -2.10. The second-order valence-electron chi connectivity index (χ2n) is 4.01. The van der Waals surface area contributed by atoms with Gasteiger partial charge in [-0.25, -0.2) is 4.98 Å².